The first-order chi connectivity index (χ1) is 13.8. The van der Waals surface area contributed by atoms with Gasteiger partial charge < -0.3 is 14.8 Å². The second kappa shape index (κ2) is 8.44. The number of nitrogens with zero attached hydrogens (tertiary/aromatic N) is 1. The predicted molar refractivity (Wildman–Crippen MR) is 113 cm³/mol. The molecule has 1 aromatic heterocycles. The van der Waals surface area contributed by atoms with Crippen LogP contribution in [-0.4, -0.2) is 12.1 Å². The monoisotopic (exact) mass is 370 g/mol. The van der Waals surface area contributed by atoms with E-state index in [4.69, 9.17) is 9.47 Å². The Kier molecular flexibility index (Phi) is 5.38. The lowest BCUT2D eigenvalue weighted by Gasteiger charge is -2.14. The van der Waals surface area contributed by atoms with E-state index in [1.165, 1.54) is 10.8 Å². The van der Waals surface area contributed by atoms with E-state index in [2.05, 4.69) is 46.7 Å². The Morgan fingerprint density at radius 2 is 1.71 bits per heavy atom. The van der Waals surface area contributed by atoms with E-state index in [0.29, 0.717) is 13.2 Å². The molecule has 0 fully saturated rings. The van der Waals surface area contributed by atoms with Crippen molar-refractivity contribution < 1.29 is 9.47 Å². The SMILES string of the molecule is COc1ccc(CNc2ccccn2)cc1OCc1cccc2ccccc12. The highest BCUT2D eigenvalue weighted by Gasteiger charge is 2.08. The van der Waals surface area contributed by atoms with E-state index in [1.54, 1.807) is 13.3 Å². The molecular formula is C24H22N2O2. The third kappa shape index (κ3) is 4.07. The number of nitrogens with one attached hydrogen (secondary N) is 1. The normalized spacial score (nSPS) is 10.6. The molecule has 0 atom stereocenters. The summed E-state index contributed by atoms with van der Waals surface area (Å²) >= 11 is 0. The Morgan fingerprint density at radius 3 is 2.57 bits per heavy atom. The van der Waals surface area contributed by atoms with Crippen molar-refractivity contribution in [2.75, 3.05) is 12.4 Å². The summed E-state index contributed by atoms with van der Waals surface area (Å²) in [4.78, 5) is 4.29. The van der Waals surface area contributed by atoms with Crippen molar-refractivity contribution in [1.82, 2.24) is 4.98 Å². The van der Waals surface area contributed by atoms with E-state index in [-0.39, 0.29) is 0 Å². The van der Waals surface area contributed by atoms with Gasteiger partial charge in [0.05, 0.1) is 7.11 Å². The third-order valence-electron chi connectivity index (χ3n) is 4.63. The number of anilines is 1. The van der Waals surface area contributed by atoms with Crippen LogP contribution in [0.3, 0.4) is 0 Å². The molecular weight excluding hydrogens is 348 g/mol. The number of hydrogen-bond donors (Lipinski definition) is 1. The number of aromatic nitrogens is 1. The van der Waals surface area contributed by atoms with Gasteiger partial charge in [0.25, 0.3) is 0 Å². The standard InChI is InChI=1S/C24H22N2O2/c1-27-22-13-12-18(16-26-24-11-4-5-14-25-24)15-23(22)28-17-20-9-6-8-19-7-2-3-10-21(19)20/h2-15H,16-17H2,1H3,(H,25,26). The Morgan fingerprint density at radius 1 is 0.857 bits per heavy atom. The van der Waals surface area contributed by atoms with Crippen molar-refractivity contribution in [1.29, 1.82) is 0 Å². The molecule has 0 aliphatic rings. The summed E-state index contributed by atoms with van der Waals surface area (Å²) in [6.45, 7) is 1.14. The first kappa shape index (κ1) is 17.9. The average molecular weight is 370 g/mol. The zero-order valence-electron chi connectivity index (χ0n) is 15.8. The summed E-state index contributed by atoms with van der Waals surface area (Å²) in [6, 6.07) is 26.4. The minimum atomic E-state index is 0.481. The molecule has 4 heteroatoms. The fourth-order valence-electron chi connectivity index (χ4n) is 3.18. The number of hydrogen-bond acceptors (Lipinski definition) is 4. The van der Waals surface area contributed by atoms with Crippen LogP contribution in [-0.2, 0) is 13.2 Å². The van der Waals surface area contributed by atoms with Crippen LogP contribution in [0.25, 0.3) is 10.8 Å². The van der Waals surface area contributed by atoms with E-state index >= 15 is 0 Å². The number of methoxy groups -OCH3 is 1. The van der Waals surface area contributed by atoms with Crippen LogP contribution in [0, 0.1) is 0 Å². The van der Waals surface area contributed by atoms with Gasteiger partial charge in [0.15, 0.2) is 11.5 Å². The van der Waals surface area contributed by atoms with Crippen LogP contribution in [0.15, 0.2) is 85.1 Å². The topological polar surface area (TPSA) is 43.4 Å². The number of benzene rings is 3. The average Bonchev–Trinajstić information content (AvgIpc) is 2.77. The maximum atomic E-state index is 6.15. The lowest BCUT2D eigenvalue weighted by atomic mass is 10.1. The summed E-state index contributed by atoms with van der Waals surface area (Å²) in [7, 11) is 1.66. The fourth-order valence-corrected chi connectivity index (χ4v) is 3.18. The van der Waals surface area contributed by atoms with Crippen LogP contribution in [0.2, 0.25) is 0 Å². The van der Waals surface area contributed by atoms with Crippen LogP contribution in [0.4, 0.5) is 5.82 Å². The number of rotatable bonds is 7. The quantitative estimate of drug-likeness (QED) is 0.471. The summed E-state index contributed by atoms with van der Waals surface area (Å²) in [6.07, 6.45) is 1.77. The van der Waals surface area contributed by atoms with Crippen LogP contribution in [0.5, 0.6) is 11.5 Å². The first-order valence-electron chi connectivity index (χ1n) is 9.25. The molecule has 4 nitrogen and oxygen atoms in total. The Balaban J connectivity index is 1.51. The van der Waals surface area contributed by atoms with Crippen molar-refractivity contribution in [3.63, 3.8) is 0 Å². The molecule has 3 aromatic carbocycles. The number of ether oxygens (including phenoxy) is 2. The smallest absolute Gasteiger partial charge is 0.162 e. The van der Waals surface area contributed by atoms with Gasteiger partial charge in [0, 0.05) is 12.7 Å². The maximum Gasteiger partial charge on any atom is 0.162 e. The Labute approximate surface area is 164 Å². The van der Waals surface area contributed by atoms with Gasteiger partial charge in [-0.25, -0.2) is 4.98 Å². The third-order valence-corrected chi connectivity index (χ3v) is 4.63. The highest BCUT2D eigenvalue weighted by atomic mass is 16.5. The number of pyridine rings is 1. The van der Waals surface area contributed by atoms with Crippen molar-refractivity contribution in [2.24, 2.45) is 0 Å². The van der Waals surface area contributed by atoms with Crippen LogP contribution in [0.1, 0.15) is 11.1 Å². The minimum absolute atomic E-state index is 0.481. The van der Waals surface area contributed by atoms with Gasteiger partial charge in [-0.05, 0) is 46.2 Å². The van der Waals surface area contributed by atoms with Crippen molar-refractivity contribution in [2.45, 2.75) is 13.2 Å². The molecule has 4 rings (SSSR count). The molecule has 140 valence electrons. The summed E-state index contributed by atoms with van der Waals surface area (Å²) in [5.41, 5.74) is 2.25. The zero-order chi connectivity index (χ0) is 19.2. The summed E-state index contributed by atoms with van der Waals surface area (Å²) < 4.78 is 11.6. The van der Waals surface area contributed by atoms with Gasteiger partial charge in [-0.1, -0.05) is 54.6 Å². The molecule has 0 spiro atoms. The highest BCUT2D eigenvalue weighted by molar-refractivity contribution is 5.85. The van der Waals surface area contributed by atoms with Crippen molar-refractivity contribution in [3.05, 3.63) is 96.2 Å². The van der Waals surface area contributed by atoms with Gasteiger partial charge in [0.2, 0.25) is 0 Å². The molecule has 0 aliphatic heterocycles. The molecule has 4 aromatic rings. The van der Waals surface area contributed by atoms with Gasteiger partial charge in [-0.2, -0.15) is 0 Å². The lowest BCUT2D eigenvalue weighted by molar-refractivity contribution is 0.285. The molecule has 0 saturated carbocycles. The summed E-state index contributed by atoms with van der Waals surface area (Å²) in [5, 5.41) is 5.73. The molecule has 0 radical (unpaired) electrons. The highest BCUT2D eigenvalue weighted by Crippen LogP contribution is 2.30. The van der Waals surface area contributed by atoms with Gasteiger partial charge >= 0.3 is 0 Å². The largest absolute Gasteiger partial charge is 0.493 e. The van der Waals surface area contributed by atoms with E-state index in [0.717, 1.165) is 28.4 Å². The Hall–Kier alpha value is -3.53. The maximum absolute atomic E-state index is 6.15. The molecule has 0 bridgehead atoms. The van der Waals surface area contributed by atoms with E-state index in [1.807, 2.05) is 42.5 Å². The second-order valence-electron chi connectivity index (χ2n) is 6.48. The van der Waals surface area contributed by atoms with Crippen LogP contribution >= 0.6 is 0 Å². The van der Waals surface area contributed by atoms with Gasteiger partial charge in [-0.3, -0.25) is 0 Å². The van der Waals surface area contributed by atoms with E-state index in [9.17, 15) is 0 Å². The van der Waals surface area contributed by atoms with Crippen molar-refractivity contribution in [3.8, 4) is 11.5 Å². The fraction of sp³-hybridized carbons (Fsp3) is 0.125. The lowest BCUT2D eigenvalue weighted by Crippen LogP contribution is -2.03. The second-order valence-corrected chi connectivity index (χ2v) is 6.48. The van der Waals surface area contributed by atoms with Crippen LogP contribution < -0.4 is 14.8 Å². The van der Waals surface area contributed by atoms with Gasteiger partial charge in [0.1, 0.15) is 12.4 Å². The molecule has 28 heavy (non-hydrogen) atoms. The Bertz CT molecular complexity index is 1060. The zero-order valence-corrected chi connectivity index (χ0v) is 15.8. The molecule has 0 unspecified atom stereocenters. The molecule has 1 N–H and O–H groups in total. The number of fused-ring (bicyclic) bond motifs is 1. The predicted octanol–water partition coefficient (Wildman–Crippen LogP) is 5.43. The van der Waals surface area contributed by atoms with E-state index < -0.39 is 0 Å². The molecule has 1 heterocycles. The molecule has 0 saturated heterocycles. The van der Waals surface area contributed by atoms with Gasteiger partial charge in [-0.15, -0.1) is 0 Å². The molecule has 0 aliphatic carbocycles. The first-order valence-corrected chi connectivity index (χ1v) is 9.25. The summed E-state index contributed by atoms with van der Waals surface area (Å²) in [5.74, 6) is 2.30. The van der Waals surface area contributed by atoms with Crippen molar-refractivity contribution >= 4 is 16.6 Å². The minimum Gasteiger partial charge on any atom is -0.493 e. The molecule has 0 amide bonds.